The van der Waals surface area contributed by atoms with E-state index in [9.17, 15) is 0 Å². The molecule has 0 aliphatic rings. The fourth-order valence-electron chi connectivity index (χ4n) is 1.39. The third-order valence-electron chi connectivity index (χ3n) is 2.25. The molecule has 0 unspecified atom stereocenters. The zero-order valence-corrected chi connectivity index (χ0v) is 9.19. The van der Waals surface area contributed by atoms with Crippen LogP contribution in [0.3, 0.4) is 0 Å². The number of nitrogens with zero attached hydrogens (tertiary/aromatic N) is 2. The molecule has 0 radical (unpaired) electrons. The molecule has 1 heterocycles. The van der Waals surface area contributed by atoms with Crippen molar-refractivity contribution in [2.75, 3.05) is 19.0 Å². The molecule has 0 aliphatic heterocycles. The normalized spacial score (nSPS) is 10.3. The first-order valence-corrected chi connectivity index (χ1v) is 4.87. The second kappa shape index (κ2) is 3.77. The molecule has 0 amide bonds. The minimum absolute atomic E-state index is 0.679. The highest BCUT2D eigenvalue weighted by molar-refractivity contribution is 5.58. The first-order valence-electron chi connectivity index (χ1n) is 4.87. The van der Waals surface area contributed by atoms with Gasteiger partial charge < -0.3 is 9.32 Å². The third-order valence-corrected chi connectivity index (χ3v) is 2.25. The number of aryl methyl sites for hydroxylation is 1. The first kappa shape index (κ1) is 9.77. The standard InChI is InChI=1S/C12H14N2O/c1-9-8-13-12(15-9)10-4-6-11(7-5-10)14(2)3/h4-8H,1-3H3. The van der Waals surface area contributed by atoms with Gasteiger partial charge in [0, 0.05) is 25.3 Å². The number of rotatable bonds is 2. The maximum absolute atomic E-state index is 5.45. The molecule has 15 heavy (non-hydrogen) atoms. The smallest absolute Gasteiger partial charge is 0.226 e. The molecule has 0 atom stereocenters. The maximum atomic E-state index is 5.45. The van der Waals surface area contributed by atoms with Crippen molar-refractivity contribution in [2.24, 2.45) is 0 Å². The average Bonchev–Trinajstić information content (AvgIpc) is 2.65. The summed E-state index contributed by atoms with van der Waals surface area (Å²) in [5.41, 5.74) is 2.18. The van der Waals surface area contributed by atoms with E-state index in [1.54, 1.807) is 6.20 Å². The topological polar surface area (TPSA) is 29.3 Å². The van der Waals surface area contributed by atoms with E-state index in [1.807, 2.05) is 33.2 Å². The maximum Gasteiger partial charge on any atom is 0.226 e. The zero-order valence-electron chi connectivity index (χ0n) is 9.19. The van der Waals surface area contributed by atoms with Gasteiger partial charge in [0.1, 0.15) is 5.76 Å². The summed E-state index contributed by atoms with van der Waals surface area (Å²) in [4.78, 5) is 6.24. The second-order valence-electron chi connectivity index (χ2n) is 3.72. The minimum Gasteiger partial charge on any atom is -0.441 e. The van der Waals surface area contributed by atoms with Gasteiger partial charge in [-0.05, 0) is 31.2 Å². The van der Waals surface area contributed by atoms with E-state index in [-0.39, 0.29) is 0 Å². The van der Waals surface area contributed by atoms with Gasteiger partial charge in [0.25, 0.3) is 0 Å². The molecule has 0 saturated heterocycles. The van der Waals surface area contributed by atoms with E-state index in [0.717, 1.165) is 11.3 Å². The Labute approximate surface area is 89.4 Å². The number of aromatic nitrogens is 1. The Morgan fingerprint density at radius 2 is 1.80 bits per heavy atom. The predicted octanol–water partition coefficient (Wildman–Crippen LogP) is 2.72. The molecule has 2 aromatic rings. The number of anilines is 1. The zero-order chi connectivity index (χ0) is 10.8. The molecule has 0 fully saturated rings. The predicted molar refractivity (Wildman–Crippen MR) is 61.0 cm³/mol. The highest BCUT2D eigenvalue weighted by Crippen LogP contribution is 2.21. The van der Waals surface area contributed by atoms with Gasteiger partial charge in [0.05, 0.1) is 6.20 Å². The number of benzene rings is 1. The van der Waals surface area contributed by atoms with Crippen LogP contribution >= 0.6 is 0 Å². The monoisotopic (exact) mass is 202 g/mol. The summed E-state index contributed by atoms with van der Waals surface area (Å²) in [5, 5.41) is 0. The molecule has 0 aliphatic carbocycles. The van der Waals surface area contributed by atoms with Crippen molar-refractivity contribution in [2.45, 2.75) is 6.92 Å². The van der Waals surface area contributed by atoms with E-state index in [4.69, 9.17) is 4.42 Å². The van der Waals surface area contributed by atoms with Crippen molar-refractivity contribution in [3.05, 3.63) is 36.2 Å². The van der Waals surface area contributed by atoms with E-state index >= 15 is 0 Å². The van der Waals surface area contributed by atoms with Gasteiger partial charge >= 0.3 is 0 Å². The summed E-state index contributed by atoms with van der Waals surface area (Å²) in [6, 6.07) is 8.13. The number of hydrogen-bond donors (Lipinski definition) is 0. The van der Waals surface area contributed by atoms with Crippen molar-refractivity contribution in [3.8, 4) is 11.5 Å². The quantitative estimate of drug-likeness (QED) is 0.749. The molecule has 78 valence electrons. The van der Waals surface area contributed by atoms with Gasteiger partial charge in [0.2, 0.25) is 5.89 Å². The molecule has 0 saturated carbocycles. The largest absolute Gasteiger partial charge is 0.441 e. The third kappa shape index (κ3) is 2.01. The summed E-state index contributed by atoms with van der Waals surface area (Å²) in [5.74, 6) is 1.51. The summed E-state index contributed by atoms with van der Waals surface area (Å²) < 4.78 is 5.45. The summed E-state index contributed by atoms with van der Waals surface area (Å²) in [6.45, 7) is 1.89. The Hall–Kier alpha value is -1.77. The molecule has 3 nitrogen and oxygen atoms in total. The molecule has 1 aromatic heterocycles. The molecule has 2 rings (SSSR count). The van der Waals surface area contributed by atoms with Crippen LogP contribution in [0.5, 0.6) is 0 Å². The molecule has 0 bridgehead atoms. The van der Waals surface area contributed by atoms with Crippen LogP contribution in [0.1, 0.15) is 5.76 Å². The average molecular weight is 202 g/mol. The van der Waals surface area contributed by atoms with E-state index in [2.05, 4.69) is 22.0 Å². The lowest BCUT2D eigenvalue weighted by molar-refractivity contribution is 0.542. The Kier molecular flexibility index (Phi) is 2.46. The van der Waals surface area contributed by atoms with Crippen LogP contribution in [0.4, 0.5) is 5.69 Å². The Bertz CT molecular complexity index is 443. The van der Waals surface area contributed by atoms with Crippen LogP contribution in [0.25, 0.3) is 11.5 Å². The molecule has 0 N–H and O–H groups in total. The Morgan fingerprint density at radius 1 is 1.13 bits per heavy atom. The van der Waals surface area contributed by atoms with E-state index in [0.29, 0.717) is 5.89 Å². The summed E-state index contributed by atoms with van der Waals surface area (Å²) in [6.07, 6.45) is 1.73. The fraction of sp³-hybridized carbons (Fsp3) is 0.250. The van der Waals surface area contributed by atoms with Crippen molar-refractivity contribution in [1.29, 1.82) is 0 Å². The lowest BCUT2D eigenvalue weighted by atomic mass is 10.2. The number of oxazole rings is 1. The van der Waals surface area contributed by atoms with Crippen LogP contribution in [0.15, 0.2) is 34.9 Å². The molecular formula is C12H14N2O. The molecule has 0 spiro atoms. The van der Waals surface area contributed by atoms with Crippen molar-refractivity contribution < 1.29 is 4.42 Å². The van der Waals surface area contributed by atoms with Gasteiger partial charge in [0.15, 0.2) is 0 Å². The van der Waals surface area contributed by atoms with Crippen molar-refractivity contribution in [1.82, 2.24) is 4.98 Å². The van der Waals surface area contributed by atoms with E-state index < -0.39 is 0 Å². The van der Waals surface area contributed by atoms with Gasteiger partial charge in [-0.25, -0.2) is 4.98 Å². The second-order valence-corrected chi connectivity index (χ2v) is 3.72. The van der Waals surface area contributed by atoms with Crippen LogP contribution in [-0.2, 0) is 0 Å². The number of hydrogen-bond acceptors (Lipinski definition) is 3. The van der Waals surface area contributed by atoms with Crippen LogP contribution in [-0.4, -0.2) is 19.1 Å². The molecule has 1 aromatic carbocycles. The van der Waals surface area contributed by atoms with Crippen LogP contribution in [0.2, 0.25) is 0 Å². The van der Waals surface area contributed by atoms with Gasteiger partial charge in [-0.3, -0.25) is 0 Å². The highest BCUT2D eigenvalue weighted by Gasteiger charge is 2.04. The summed E-state index contributed by atoms with van der Waals surface area (Å²) >= 11 is 0. The highest BCUT2D eigenvalue weighted by atomic mass is 16.4. The SMILES string of the molecule is Cc1cnc(-c2ccc(N(C)C)cc2)o1. The lowest BCUT2D eigenvalue weighted by Gasteiger charge is -2.11. The molecule has 3 heteroatoms. The Morgan fingerprint density at radius 3 is 2.27 bits per heavy atom. The Balaban J connectivity index is 2.31. The minimum atomic E-state index is 0.679. The van der Waals surface area contributed by atoms with Crippen LogP contribution < -0.4 is 4.90 Å². The fourth-order valence-corrected chi connectivity index (χ4v) is 1.39. The van der Waals surface area contributed by atoms with Crippen LogP contribution in [0, 0.1) is 6.92 Å². The van der Waals surface area contributed by atoms with Crippen molar-refractivity contribution in [3.63, 3.8) is 0 Å². The van der Waals surface area contributed by atoms with Gasteiger partial charge in [-0.2, -0.15) is 0 Å². The van der Waals surface area contributed by atoms with Gasteiger partial charge in [-0.15, -0.1) is 0 Å². The van der Waals surface area contributed by atoms with Gasteiger partial charge in [-0.1, -0.05) is 0 Å². The lowest BCUT2D eigenvalue weighted by Crippen LogP contribution is -2.07. The molecular weight excluding hydrogens is 188 g/mol. The summed E-state index contributed by atoms with van der Waals surface area (Å²) in [7, 11) is 4.04. The van der Waals surface area contributed by atoms with Crippen molar-refractivity contribution >= 4 is 5.69 Å². The van der Waals surface area contributed by atoms with E-state index in [1.165, 1.54) is 5.69 Å². The first-order chi connectivity index (χ1) is 7.16.